The Morgan fingerprint density at radius 2 is 0.958 bits per heavy atom. The molecule has 0 aromatic heterocycles. The van der Waals surface area contributed by atoms with Crippen molar-refractivity contribution in [3.63, 3.8) is 0 Å². The van der Waals surface area contributed by atoms with Crippen molar-refractivity contribution in [1.82, 2.24) is 20.4 Å². The van der Waals surface area contributed by atoms with Crippen LogP contribution in [0.15, 0.2) is 52.5 Å². The lowest BCUT2D eigenvalue weighted by molar-refractivity contribution is -0.123. The van der Waals surface area contributed by atoms with E-state index in [9.17, 15) is 19.4 Å². The fourth-order valence-electron chi connectivity index (χ4n) is 5.00. The number of nitrogens with zero attached hydrogens (tertiary/aromatic N) is 4. The predicted octanol–water partition coefficient (Wildman–Crippen LogP) is 6.47. The Balaban J connectivity index is 1.57. The van der Waals surface area contributed by atoms with E-state index < -0.39 is 12.1 Å². The monoisotopic (exact) mass is 924 g/mol. The minimum atomic E-state index is -1.01. The summed E-state index contributed by atoms with van der Waals surface area (Å²) in [7, 11) is 7.24. The zero-order valence-electron chi connectivity index (χ0n) is 27.7. The fraction of sp³-hybridized carbons (Fsp3) is 0.562. The first kappa shape index (κ1) is 42.2. The topological polar surface area (TPSA) is 142 Å². The van der Waals surface area contributed by atoms with E-state index in [1.54, 1.807) is 14.2 Å². The van der Waals surface area contributed by atoms with Crippen molar-refractivity contribution in [2.75, 3.05) is 67.6 Å². The number of nitroso groups, excluding NO2 is 2. The first-order valence-electron chi connectivity index (χ1n) is 15.5. The van der Waals surface area contributed by atoms with E-state index in [0.29, 0.717) is 24.6 Å². The van der Waals surface area contributed by atoms with Gasteiger partial charge in [-0.05, 0) is 165 Å². The zero-order chi connectivity index (χ0) is 35.6. The SMILES string of the molecule is COc1c(Br)cc(CC(N=O)C(=O)NCCCN(C)CCCCN(C)CCCNC(=O)C(Cc2cc(Br)c(OC)c(Br)c2)N=O)cc1Br. The van der Waals surface area contributed by atoms with E-state index >= 15 is 0 Å². The lowest BCUT2D eigenvalue weighted by atomic mass is 10.1. The molecule has 16 heteroatoms. The highest BCUT2D eigenvalue weighted by atomic mass is 79.9. The summed E-state index contributed by atoms with van der Waals surface area (Å²) in [6, 6.07) is 5.24. The summed E-state index contributed by atoms with van der Waals surface area (Å²) in [6.07, 6.45) is 3.96. The number of hydrogen-bond donors (Lipinski definition) is 2. The van der Waals surface area contributed by atoms with Crippen LogP contribution in [0.4, 0.5) is 0 Å². The van der Waals surface area contributed by atoms with Gasteiger partial charge in [0.05, 0.1) is 32.1 Å². The van der Waals surface area contributed by atoms with Crippen molar-refractivity contribution < 1.29 is 19.1 Å². The lowest BCUT2D eigenvalue weighted by Gasteiger charge is -2.19. The van der Waals surface area contributed by atoms with Crippen LogP contribution < -0.4 is 20.1 Å². The quantitative estimate of drug-likeness (QED) is 0.0956. The van der Waals surface area contributed by atoms with Crippen LogP contribution in [-0.2, 0) is 22.4 Å². The number of hydrogen-bond acceptors (Lipinski definition) is 10. The average Bonchev–Trinajstić information content (AvgIpc) is 3.04. The molecule has 0 aliphatic rings. The van der Waals surface area contributed by atoms with Gasteiger partial charge in [-0.1, -0.05) is 10.4 Å². The first-order chi connectivity index (χ1) is 22.9. The van der Waals surface area contributed by atoms with E-state index in [-0.39, 0.29) is 24.7 Å². The average molecular weight is 928 g/mol. The molecule has 0 aliphatic carbocycles. The summed E-state index contributed by atoms with van der Waals surface area (Å²) in [6.45, 7) is 4.42. The van der Waals surface area contributed by atoms with Crippen LogP contribution in [-0.4, -0.2) is 101 Å². The Hall–Kier alpha value is -1.98. The van der Waals surface area contributed by atoms with Crippen molar-refractivity contribution >= 4 is 75.5 Å². The van der Waals surface area contributed by atoms with Gasteiger partial charge in [0.1, 0.15) is 11.5 Å². The summed E-state index contributed by atoms with van der Waals surface area (Å²) < 4.78 is 13.5. The van der Waals surface area contributed by atoms with Gasteiger partial charge >= 0.3 is 0 Å². The van der Waals surface area contributed by atoms with Gasteiger partial charge in [0, 0.05) is 25.9 Å². The zero-order valence-corrected chi connectivity index (χ0v) is 34.0. The normalized spacial score (nSPS) is 12.5. The van der Waals surface area contributed by atoms with Gasteiger partial charge in [-0.15, -0.1) is 9.81 Å². The molecule has 2 amide bonds. The Bertz CT molecular complexity index is 1220. The lowest BCUT2D eigenvalue weighted by Crippen LogP contribution is -2.36. The van der Waals surface area contributed by atoms with Crippen molar-refractivity contribution in [2.45, 2.75) is 50.6 Å². The molecule has 0 saturated heterocycles. The third-order valence-electron chi connectivity index (χ3n) is 7.60. The summed E-state index contributed by atoms with van der Waals surface area (Å²) >= 11 is 13.8. The Morgan fingerprint density at radius 3 is 1.25 bits per heavy atom. The minimum absolute atomic E-state index is 0.194. The molecule has 0 radical (unpaired) electrons. The molecule has 2 aromatic carbocycles. The fourth-order valence-corrected chi connectivity index (χ4v) is 8.21. The highest BCUT2D eigenvalue weighted by Crippen LogP contribution is 2.36. The largest absolute Gasteiger partial charge is 0.494 e. The van der Waals surface area contributed by atoms with E-state index in [1.807, 2.05) is 24.3 Å². The number of nitrogens with one attached hydrogen (secondary N) is 2. The molecule has 0 spiro atoms. The highest BCUT2D eigenvalue weighted by molar-refractivity contribution is 9.11. The standard InChI is InChI=1S/C32H44Br4N6O6/c1-41(13-7-9-37-31(43)27(39-45)19-21-15-23(33)29(47-3)24(34)16-21)11-5-6-12-42(2)14-8-10-38-32(44)28(40-46)20-22-17-25(35)30(48-4)26(36)18-22/h15-18,27-28H,5-14,19-20H2,1-4H3,(H,37,43)(H,38,44). The maximum absolute atomic E-state index is 12.6. The molecule has 2 N–H and O–H groups in total. The number of halogens is 4. The van der Waals surface area contributed by atoms with Crippen LogP contribution in [0.25, 0.3) is 0 Å². The van der Waals surface area contributed by atoms with Crippen molar-refractivity contribution in [3.05, 3.63) is 63.1 Å². The molecule has 48 heavy (non-hydrogen) atoms. The Morgan fingerprint density at radius 1 is 0.646 bits per heavy atom. The molecule has 2 aromatic rings. The van der Waals surface area contributed by atoms with Gasteiger partial charge in [0.25, 0.3) is 0 Å². The molecule has 2 rings (SSSR count). The van der Waals surface area contributed by atoms with Gasteiger partial charge in [-0.3, -0.25) is 9.59 Å². The molecule has 2 atom stereocenters. The number of carbonyl (C=O) groups excluding carboxylic acids is 2. The maximum Gasteiger partial charge on any atom is 0.248 e. The minimum Gasteiger partial charge on any atom is -0.494 e. The number of ether oxygens (including phenoxy) is 2. The van der Waals surface area contributed by atoms with Crippen LogP contribution in [0.2, 0.25) is 0 Å². The van der Waals surface area contributed by atoms with Gasteiger partial charge in [-0.25, -0.2) is 0 Å². The second-order valence-corrected chi connectivity index (χ2v) is 14.9. The second kappa shape index (κ2) is 22.7. The van der Waals surface area contributed by atoms with Crippen LogP contribution in [0, 0.1) is 9.81 Å². The number of methoxy groups -OCH3 is 2. The van der Waals surface area contributed by atoms with E-state index in [2.05, 4.69) is 109 Å². The summed E-state index contributed by atoms with van der Waals surface area (Å²) in [5.41, 5.74) is 1.58. The Kier molecular flexibility index (Phi) is 19.9. The highest BCUT2D eigenvalue weighted by Gasteiger charge is 2.22. The van der Waals surface area contributed by atoms with E-state index in [4.69, 9.17) is 9.47 Å². The number of benzene rings is 2. The molecular formula is C32H44Br4N6O6. The van der Waals surface area contributed by atoms with E-state index in [0.717, 1.165) is 80.9 Å². The van der Waals surface area contributed by atoms with Gasteiger partial charge < -0.3 is 29.9 Å². The molecule has 0 saturated carbocycles. The van der Waals surface area contributed by atoms with Crippen LogP contribution in [0.1, 0.15) is 36.8 Å². The smallest absolute Gasteiger partial charge is 0.248 e. The maximum atomic E-state index is 12.6. The number of amides is 2. The molecule has 0 fully saturated rings. The van der Waals surface area contributed by atoms with Gasteiger partial charge in [-0.2, -0.15) is 0 Å². The molecule has 0 aliphatic heterocycles. The summed E-state index contributed by atoms with van der Waals surface area (Å²) in [4.78, 5) is 52.4. The van der Waals surface area contributed by atoms with Crippen LogP contribution in [0.3, 0.4) is 0 Å². The third kappa shape index (κ3) is 14.5. The molecule has 12 nitrogen and oxygen atoms in total. The number of carbonyl (C=O) groups is 2. The molecular weight excluding hydrogens is 884 g/mol. The summed E-state index contributed by atoms with van der Waals surface area (Å²) in [5.74, 6) is 0.520. The van der Waals surface area contributed by atoms with Gasteiger partial charge in [0.15, 0.2) is 12.1 Å². The van der Waals surface area contributed by atoms with Crippen LogP contribution >= 0.6 is 63.7 Å². The summed E-state index contributed by atoms with van der Waals surface area (Å²) in [5, 5.41) is 11.8. The van der Waals surface area contributed by atoms with E-state index in [1.165, 1.54) is 0 Å². The Labute approximate surface area is 316 Å². The number of rotatable bonds is 23. The predicted molar refractivity (Wildman–Crippen MR) is 203 cm³/mol. The number of unbranched alkanes of at least 4 members (excludes halogenated alkanes) is 1. The molecule has 0 heterocycles. The van der Waals surface area contributed by atoms with Crippen molar-refractivity contribution in [3.8, 4) is 11.5 Å². The molecule has 0 bridgehead atoms. The third-order valence-corrected chi connectivity index (χ3v) is 9.96. The van der Waals surface area contributed by atoms with Crippen molar-refractivity contribution in [1.29, 1.82) is 0 Å². The van der Waals surface area contributed by atoms with Gasteiger partial charge in [0.2, 0.25) is 11.8 Å². The molecule has 2 unspecified atom stereocenters. The van der Waals surface area contributed by atoms with Crippen molar-refractivity contribution in [2.24, 2.45) is 10.4 Å². The first-order valence-corrected chi connectivity index (χ1v) is 18.7. The molecule has 266 valence electrons. The van der Waals surface area contributed by atoms with Crippen LogP contribution in [0.5, 0.6) is 11.5 Å². The second-order valence-electron chi connectivity index (χ2n) is 11.4.